The van der Waals surface area contributed by atoms with Crippen LogP contribution in [0.25, 0.3) is 21.9 Å². The number of rotatable bonds is 5. The number of benzene rings is 3. The number of halogens is 2. The lowest BCUT2D eigenvalue weighted by Crippen LogP contribution is -2.45. The van der Waals surface area contributed by atoms with E-state index in [2.05, 4.69) is 46.2 Å². The molecule has 1 fully saturated rings. The van der Waals surface area contributed by atoms with Gasteiger partial charge in [0.2, 0.25) is 5.43 Å². The summed E-state index contributed by atoms with van der Waals surface area (Å²) in [6, 6.07) is 21.9. The van der Waals surface area contributed by atoms with E-state index in [0.717, 1.165) is 44.8 Å². The molecule has 0 aliphatic carbocycles. The van der Waals surface area contributed by atoms with E-state index < -0.39 is 0 Å². The topological polar surface area (TPSA) is 45.9 Å². The van der Waals surface area contributed by atoms with Gasteiger partial charge in [0, 0.05) is 45.3 Å². The third kappa shape index (κ3) is 5.50. The lowest BCUT2D eigenvalue weighted by Gasteiger charge is -2.34. The van der Waals surface area contributed by atoms with E-state index in [-0.39, 0.29) is 30.2 Å². The van der Waals surface area contributed by atoms with Crippen LogP contribution in [0.2, 0.25) is 0 Å². The van der Waals surface area contributed by atoms with E-state index in [1.165, 1.54) is 5.56 Å². The zero-order chi connectivity index (χ0) is 21.2. The van der Waals surface area contributed by atoms with Gasteiger partial charge in [-0.05, 0) is 35.4 Å². The maximum atomic E-state index is 13.0. The summed E-state index contributed by atoms with van der Waals surface area (Å²) >= 11 is 0. The molecule has 174 valence electrons. The molecule has 0 atom stereocenters. The number of nitrogens with zero attached hydrogens (tertiary/aromatic N) is 2. The van der Waals surface area contributed by atoms with Gasteiger partial charge in [0.05, 0.1) is 17.9 Å². The zero-order valence-electron chi connectivity index (χ0n) is 18.5. The van der Waals surface area contributed by atoms with Crippen LogP contribution in [0.1, 0.15) is 11.1 Å². The Bertz CT molecular complexity index is 1270. The van der Waals surface area contributed by atoms with Crippen LogP contribution in [-0.4, -0.2) is 43.1 Å². The maximum absolute atomic E-state index is 13.0. The number of fused-ring (bicyclic) bond motifs is 2. The summed E-state index contributed by atoms with van der Waals surface area (Å²) in [7, 11) is 1.61. The van der Waals surface area contributed by atoms with Crippen LogP contribution in [0.5, 0.6) is 5.75 Å². The summed E-state index contributed by atoms with van der Waals surface area (Å²) in [5.41, 5.74) is 3.68. The largest absolute Gasteiger partial charge is 0.497 e. The summed E-state index contributed by atoms with van der Waals surface area (Å²) in [6.07, 6.45) is 0. The Kier molecular flexibility index (Phi) is 8.38. The van der Waals surface area contributed by atoms with Crippen LogP contribution in [0.3, 0.4) is 0 Å². The van der Waals surface area contributed by atoms with Gasteiger partial charge >= 0.3 is 0 Å². The molecule has 1 aliphatic rings. The molecular weight excluding hydrogens is 459 g/mol. The molecular formula is C26H28Cl2N2O3. The van der Waals surface area contributed by atoms with Gasteiger partial charge in [-0.15, -0.1) is 24.8 Å². The van der Waals surface area contributed by atoms with Crippen molar-refractivity contribution in [2.75, 3.05) is 33.3 Å². The van der Waals surface area contributed by atoms with Gasteiger partial charge in [-0.2, -0.15) is 0 Å². The summed E-state index contributed by atoms with van der Waals surface area (Å²) in [6.45, 7) is 6.00. The molecule has 0 radical (unpaired) electrons. The zero-order valence-corrected chi connectivity index (χ0v) is 20.2. The monoisotopic (exact) mass is 486 g/mol. The van der Waals surface area contributed by atoms with Crippen LogP contribution >= 0.6 is 24.8 Å². The molecule has 1 saturated heterocycles. The number of hydrogen-bond acceptors (Lipinski definition) is 5. The van der Waals surface area contributed by atoms with Crippen molar-refractivity contribution >= 4 is 46.8 Å². The second kappa shape index (κ2) is 11.0. The minimum Gasteiger partial charge on any atom is -0.497 e. The van der Waals surface area contributed by atoms with Crippen LogP contribution in [-0.2, 0) is 13.1 Å². The molecule has 0 N–H and O–H groups in total. The fourth-order valence-electron chi connectivity index (χ4n) is 4.31. The van der Waals surface area contributed by atoms with Crippen LogP contribution in [0, 0.1) is 0 Å². The minimum atomic E-state index is 0. The number of methoxy groups -OCH3 is 1. The third-order valence-corrected chi connectivity index (χ3v) is 6.06. The molecule has 0 spiro atoms. The Morgan fingerprint density at radius 2 is 1.42 bits per heavy atom. The highest BCUT2D eigenvalue weighted by atomic mass is 35.5. The van der Waals surface area contributed by atoms with Crippen molar-refractivity contribution in [3.63, 3.8) is 0 Å². The first-order chi connectivity index (χ1) is 15.2. The Hall–Kier alpha value is -2.57. The van der Waals surface area contributed by atoms with Gasteiger partial charge in [0.1, 0.15) is 16.9 Å². The smallest absolute Gasteiger partial charge is 0.200 e. The van der Waals surface area contributed by atoms with Gasteiger partial charge in [0.25, 0.3) is 0 Å². The lowest BCUT2D eigenvalue weighted by atomic mass is 10.1. The molecule has 3 aromatic carbocycles. The minimum absolute atomic E-state index is 0. The Morgan fingerprint density at radius 1 is 0.758 bits per heavy atom. The lowest BCUT2D eigenvalue weighted by molar-refractivity contribution is 0.122. The van der Waals surface area contributed by atoms with Gasteiger partial charge in [0.15, 0.2) is 0 Å². The van der Waals surface area contributed by atoms with Crippen molar-refractivity contribution in [3.8, 4) is 5.75 Å². The molecule has 0 unspecified atom stereocenters. The molecule has 1 aliphatic heterocycles. The normalized spacial score (nSPS) is 14.6. The van der Waals surface area contributed by atoms with E-state index in [9.17, 15) is 4.79 Å². The molecule has 5 rings (SSSR count). The van der Waals surface area contributed by atoms with Gasteiger partial charge in [-0.1, -0.05) is 36.4 Å². The molecule has 5 nitrogen and oxygen atoms in total. The third-order valence-electron chi connectivity index (χ3n) is 6.06. The molecule has 0 amide bonds. The first kappa shape index (κ1) is 25.1. The predicted molar refractivity (Wildman–Crippen MR) is 138 cm³/mol. The fraction of sp³-hybridized carbons (Fsp3) is 0.269. The van der Waals surface area contributed by atoms with E-state index >= 15 is 0 Å². The van der Waals surface area contributed by atoms with Crippen LogP contribution in [0.4, 0.5) is 0 Å². The second-order valence-electron chi connectivity index (χ2n) is 8.16. The van der Waals surface area contributed by atoms with Crippen LogP contribution < -0.4 is 10.2 Å². The molecule has 4 aromatic rings. The van der Waals surface area contributed by atoms with E-state index in [4.69, 9.17) is 9.15 Å². The number of piperazine rings is 1. The first-order valence-corrected chi connectivity index (χ1v) is 10.7. The Balaban J connectivity index is 0.00000153. The Morgan fingerprint density at radius 3 is 2.09 bits per heavy atom. The number of ether oxygens (including phenoxy) is 1. The number of hydrogen-bond donors (Lipinski definition) is 0. The summed E-state index contributed by atoms with van der Waals surface area (Å²) in [5.74, 6) is 0.679. The highest BCUT2D eigenvalue weighted by Crippen LogP contribution is 2.24. The average molecular weight is 487 g/mol. The summed E-state index contributed by atoms with van der Waals surface area (Å²) < 4.78 is 11.2. The van der Waals surface area contributed by atoms with E-state index in [1.54, 1.807) is 25.3 Å². The molecule has 33 heavy (non-hydrogen) atoms. The SMILES string of the molecule is COc1ccc2c(=O)c3cc(CN4CCN(Cc5ccccc5)CC4)ccc3oc2c1.Cl.Cl. The quantitative estimate of drug-likeness (QED) is 0.366. The average Bonchev–Trinajstić information content (AvgIpc) is 2.81. The predicted octanol–water partition coefficient (Wildman–Crippen LogP) is 5.12. The van der Waals surface area contributed by atoms with Crippen molar-refractivity contribution in [1.82, 2.24) is 9.80 Å². The first-order valence-electron chi connectivity index (χ1n) is 10.7. The molecule has 7 heteroatoms. The Labute approximate surface area is 205 Å². The maximum Gasteiger partial charge on any atom is 0.200 e. The van der Waals surface area contributed by atoms with Crippen LogP contribution in [0.15, 0.2) is 75.9 Å². The van der Waals surface area contributed by atoms with Crippen molar-refractivity contribution in [2.45, 2.75) is 13.1 Å². The van der Waals surface area contributed by atoms with Crippen molar-refractivity contribution in [3.05, 3.63) is 88.1 Å². The molecule has 1 aromatic heterocycles. The van der Waals surface area contributed by atoms with Gasteiger partial charge < -0.3 is 9.15 Å². The standard InChI is InChI=1S/C26H26N2O3.2ClH/c1-30-21-8-9-22-25(16-21)31-24-10-7-20(15-23(24)26(22)29)18-28-13-11-27(12-14-28)17-19-5-3-2-4-6-19;;/h2-10,15-16H,11-14,17-18H2,1H3;2*1H. The second-order valence-corrected chi connectivity index (χ2v) is 8.16. The van der Waals surface area contributed by atoms with E-state index in [1.807, 2.05) is 12.1 Å². The van der Waals surface area contributed by atoms with E-state index in [0.29, 0.717) is 27.7 Å². The van der Waals surface area contributed by atoms with Crippen molar-refractivity contribution in [1.29, 1.82) is 0 Å². The highest BCUT2D eigenvalue weighted by Gasteiger charge is 2.18. The van der Waals surface area contributed by atoms with Crippen molar-refractivity contribution in [2.24, 2.45) is 0 Å². The van der Waals surface area contributed by atoms with Gasteiger partial charge in [-0.25, -0.2) is 0 Å². The summed E-state index contributed by atoms with van der Waals surface area (Å²) in [4.78, 5) is 18.0. The molecule has 2 heterocycles. The fourth-order valence-corrected chi connectivity index (χ4v) is 4.31. The van der Waals surface area contributed by atoms with Gasteiger partial charge in [-0.3, -0.25) is 14.6 Å². The van der Waals surface area contributed by atoms with Crippen molar-refractivity contribution < 1.29 is 9.15 Å². The molecule has 0 bridgehead atoms. The summed E-state index contributed by atoms with van der Waals surface area (Å²) in [5, 5.41) is 1.22. The highest BCUT2D eigenvalue weighted by molar-refractivity contribution is 5.90. The molecule has 0 saturated carbocycles.